The van der Waals surface area contributed by atoms with E-state index in [-0.39, 0.29) is 0 Å². The summed E-state index contributed by atoms with van der Waals surface area (Å²) in [5, 5.41) is 0. The third-order valence-electron chi connectivity index (χ3n) is 5.64. The summed E-state index contributed by atoms with van der Waals surface area (Å²) in [6.07, 6.45) is 12.1. The number of nitrogens with zero attached hydrogens (tertiary/aromatic N) is 1. The summed E-state index contributed by atoms with van der Waals surface area (Å²) >= 11 is 0. The average Bonchev–Trinajstić information content (AvgIpc) is 2.99. The molecular weight excluding hydrogens is 218 g/mol. The zero-order valence-electron chi connectivity index (χ0n) is 12.1. The van der Waals surface area contributed by atoms with Gasteiger partial charge in [0.15, 0.2) is 0 Å². The van der Waals surface area contributed by atoms with Crippen LogP contribution in [0.25, 0.3) is 0 Å². The predicted molar refractivity (Wildman–Crippen MR) is 77.8 cm³/mol. The standard InChI is InChI=1S/C17H27N/c1-4-15(18-13(2)11-14-5-6-14)17-9-7-16(3,12-17)8-10-17/h14H,2,4-12H2,1,3H3. The molecule has 0 amide bonds. The summed E-state index contributed by atoms with van der Waals surface area (Å²) in [6.45, 7) is 8.97. The van der Waals surface area contributed by atoms with E-state index < -0.39 is 0 Å². The van der Waals surface area contributed by atoms with Crippen LogP contribution in [0, 0.1) is 16.7 Å². The van der Waals surface area contributed by atoms with Crippen molar-refractivity contribution in [1.82, 2.24) is 0 Å². The van der Waals surface area contributed by atoms with Gasteiger partial charge in [-0.15, -0.1) is 0 Å². The van der Waals surface area contributed by atoms with Gasteiger partial charge in [-0.3, -0.25) is 4.99 Å². The molecule has 0 unspecified atom stereocenters. The Hall–Kier alpha value is -0.590. The molecule has 3 rings (SSSR count). The van der Waals surface area contributed by atoms with Gasteiger partial charge in [-0.05, 0) is 69.1 Å². The van der Waals surface area contributed by atoms with Crippen molar-refractivity contribution in [2.45, 2.75) is 71.6 Å². The molecule has 1 nitrogen and oxygen atoms in total. The van der Waals surface area contributed by atoms with E-state index in [1.165, 1.54) is 50.7 Å². The maximum absolute atomic E-state index is 4.98. The lowest BCUT2D eigenvalue weighted by atomic mass is 9.78. The lowest BCUT2D eigenvalue weighted by molar-refractivity contribution is 0.327. The van der Waals surface area contributed by atoms with Crippen molar-refractivity contribution < 1.29 is 0 Å². The Kier molecular flexibility index (Phi) is 2.91. The van der Waals surface area contributed by atoms with Gasteiger partial charge in [0.1, 0.15) is 0 Å². The van der Waals surface area contributed by atoms with Crippen molar-refractivity contribution in [3.8, 4) is 0 Å². The topological polar surface area (TPSA) is 12.4 Å². The first-order chi connectivity index (χ1) is 8.55. The van der Waals surface area contributed by atoms with Crippen LogP contribution < -0.4 is 0 Å². The Labute approximate surface area is 112 Å². The molecule has 0 atom stereocenters. The van der Waals surface area contributed by atoms with Crippen LogP contribution in [-0.2, 0) is 0 Å². The first-order valence-electron chi connectivity index (χ1n) is 7.81. The Balaban J connectivity index is 1.75. The van der Waals surface area contributed by atoms with Gasteiger partial charge in [0.25, 0.3) is 0 Å². The molecule has 0 aromatic rings. The van der Waals surface area contributed by atoms with Crippen molar-refractivity contribution >= 4 is 5.71 Å². The molecule has 2 bridgehead atoms. The van der Waals surface area contributed by atoms with Gasteiger partial charge in [-0.2, -0.15) is 0 Å². The molecule has 0 radical (unpaired) electrons. The van der Waals surface area contributed by atoms with Crippen LogP contribution in [-0.4, -0.2) is 5.71 Å². The largest absolute Gasteiger partial charge is 0.262 e. The third kappa shape index (κ3) is 2.17. The smallest absolute Gasteiger partial charge is 0.0334 e. The van der Waals surface area contributed by atoms with Crippen molar-refractivity contribution in [2.75, 3.05) is 0 Å². The molecule has 0 aromatic heterocycles. The molecular formula is C17H27N. The minimum absolute atomic E-state index is 0.468. The van der Waals surface area contributed by atoms with Crippen molar-refractivity contribution in [2.24, 2.45) is 21.7 Å². The van der Waals surface area contributed by atoms with Crippen LogP contribution >= 0.6 is 0 Å². The van der Waals surface area contributed by atoms with Gasteiger partial charge in [0, 0.05) is 16.8 Å². The van der Waals surface area contributed by atoms with Crippen LogP contribution in [0.4, 0.5) is 0 Å². The molecule has 18 heavy (non-hydrogen) atoms. The second-order valence-electron chi connectivity index (χ2n) is 7.39. The zero-order valence-corrected chi connectivity index (χ0v) is 12.1. The molecule has 0 spiro atoms. The fourth-order valence-corrected chi connectivity index (χ4v) is 4.36. The molecule has 0 aromatic carbocycles. The Morgan fingerprint density at radius 3 is 2.33 bits per heavy atom. The summed E-state index contributed by atoms with van der Waals surface area (Å²) in [7, 11) is 0. The molecule has 0 N–H and O–H groups in total. The van der Waals surface area contributed by atoms with Crippen LogP contribution in [0.15, 0.2) is 17.3 Å². The molecule has 0 aliphatic heterocycles. The summed E-state index contributed by atoms with van der Waals surface area (Å²) in [5.41, 5.74) is 3.74. The third-order valence-corrected chi connectivity index (χ3v) is 5.64. The number of hydrogen-bond acceptors (Lipinski definition) is 1. The second-order valence-corrected chi connectivity index (χ2v) is 7.39. The molecule has 3 aliphatic carbocycles. The summed E-state index contributed by atoms with van der Waals surface area (Å²) in [6, 6.07) is 0. The maximum Gasteiger partial charge on any atom is 0.0334 e. The van der Waals surface area contributed by atoms with Gasteiger partial charge in [0.2, 0.25) is 0 Å². The van der Waals surface area contributed by atoms with E-state index >= 15 is 0 Å². The first kappa shape index (κ1) is 12.4. The fourth-order valence-electron chi connectivity index (χ4n) is 4.36. The van der Waals surface area contributed by atoms with Gasteiger partial charge in [0.05, 0.1) is 0 Å². The van der Waals surface area contributed by atoms with E-state index in [1.54, 1.807) is 0 Å². The van der Waals surface area contributed by atoms with Crippen molar-refractivity contribution in [1.29, 1.82) is 0 Å². The lowest BCUT2D eigenvalue weighted by Crippen LogP contribution is -2.26. The van der Waals surface area contributed by atoms with Gasteiger partial charge in [-0.25, -0.2) is 0 Å². The Morgan fingerprint density at radius 1 is 1.22 bits per heavy atom. The van der Waals surface area contributed by atoms with Gasteiger partial charge >= 0.3 is 0 Å². The molecule has 3 saturated carbocycles. The van der Waals surface area contributed by atoms with Crippen molar-refractivity contribution in [3.63, 3.8) is 0 Å². The number of aliphatic imine (C=N–C) groups is 1. The lowest BCUT2D eigenvalue weighted by Gasteiger charge is -2.28. The molecule has 3 aliphatic rings. The van der Waals surface area contributed by atoms with Crippen LogP contribution in [0.1, 0.15) is 71.6 Å². The van der Waals surface area contributed by atoms with E-state index in [9.17, 15) is 0 Å². The number of rotatable bonds is 5. The van der Waals surface area contributed by atoms with Gasteiger partial charge < -0.3 is 0 Å². The monoisotopic (exact) mass is 245 g/mol. The minimum atomic E-state index is 0.468. The van der Waals surface area contributed by atoms with Crippen LogP contribution in [0.3, 0.4) is 0 Å². The molecule has 100 valence electrons. The van der Waals surface area contributed by atoms with E-state index in [4.69, 9.17) is 4.99 Å². The van der Waals surface area contributed by atoms with Crippen LogP contribution in [0.2, 0.25) is 0 Å². The average molecular weight is 245 g/mol. The Morgan fingerprint density at radius 2 is 1.89 bits per heavy atom. The first-order valence-corrected chi connectivity index (χ1v) is 7.81. The van der Waals surface area contributed by atoms with E-state index in [0.29, 0.717) is 10.8 Å². The summed E-state index contributed by atoms with van der Waals surface area (Å²) in [5.74, 6) is 0.911. The van der Waals surface area contributed by atoms with E-state index in [2.05, 4.69) is 20.4 Å². The molecule has 0 saturated heterocycles. The molecule has 0 heterocycles. The van der Waals surface area contributed by atoms with E-state index in [0.717, 1.165) is 24.5 Å². The quantitative estimate of drug-likeness (QED) is 0.596. The highest BCUT2D eigenvalue weighted by molar-refractivity contribution is 5.91. The SMILES string of the molecule is C=C(CC1CC1)N=C(CC)C12CCC(C)(CC1)C2. The van der Waals surface area contributed by atoms with E-state index in [1.807, 2.05) is 0 Å². The number of allylic oxidation sites excluding steroid dienone is 1. The molecule has 1 heteroatoms. The fraction of sp³-hybridized carbons (Fsp3) is 0.824. The highest BCUT2D eigenvalue weighted by atomic mass is 14.8. The minimum Gasteiger partial charge on any atom is -0.262 e. The number of fused-ring (bicyclic) bond motifs is 2. The normalized spacial score (nSPS) is 39.3. The van der Waals surface area contributed by atoms with Gasteiger partial charge in [-0.1, -0.05) is 20.4 Å². The zero-order chi connectivity index (χ0) is 12.8. The predicted octanol–water partition coefficient (Wildman–Crippen LogP) is 5.12. The summed E-state index contributed by atoms with van der Waals surface area (Å²) < 4.78 is 0. The van der Waals surface area contributed by atoms with Crippen LogP contribution in [0.5, 0.6) is 0 Å². The van der Waals surface area contributed by atoms with Crippen molar-refractivity contribution in [3.05, 3.63) is 12.3 Å². The second kappa shape index (κ2) is 4.21. The highest BCUT2D eigenvalue weighted by Gasteiger charge is 2.53. The molecule has 3 fully saturated rings. The highest BCUT2D eigenvalue weighted by Crippen LogP contribution is 2.62. The maximum atomic E-state index is 4.98. The number of hydrogen-bond donors (Lipinski definition) is 0. The summed E-state index contributed by atoms with van der Waals surface area (Å²) in [4.78, 5) is 4.98. The Bertz CT molecular complexity index is 378.